The highest BCUT2D eigenvalue weighted by Gasteiger charge is 2.13. The van der Waals surface area contributed by atoms with Crippen molar-refractivity contribution in [2.75, 3.05) is 0 Å². The lowest BCUT2D eigenvalue weighted by Crippen LogP contribution is -2.36. The summed E-state index contributed by atoms with van der Waals surface area (Å²) in [7, 11) is 0. The Morgan fingerprint density at radius 1 is 1.20 bits per heavy atom. The first-order valence-corrected chi connectivity index (χ1v) is 8.49. The summed E-state index contributed by atoms with van der Waals surface area (Å²) >= 11 is 0. The van der Waals surface area contributed by atoms with Crippen LogP contribution in [0.4, 0.5) is 0 Å². The minimum Gasteiger partial charge on any atom is -0.487 e. The Bertz CT molecular complexity index is 837. The van der Waals surface area contributed by atoms with Gasteiger partial charge < -0.3 is 14.5 Å². The first-order chi connectivity index (χ1) is 12.0. The molecule has 0 spiro atoms. The highest BCUT2D eigenvalue weighted by atomic mass is 16.5. The predicted molar refractivity (Wildman–Crippen MR) is 97.7 cm³/mol. The van der Waals surface area contributed by atoms with Crippen molar-refractivity contribution in [1.82, 2.24) is 14.7 Å². The molecule has 0 aliphatic rings. The molecule has 1 amide bonds. The van der Waals surface area contributed by atoms with E-state index in [0.717, 1.165) is 11.3 Å². The second-order valence-corrected chi connectivity index (χ2v) is 6.52. The van der Waals surface area contributed by atoms with E-state index in [1.54, 1.807) is 12.1 Å². The Hall–Kier alpha value is -2.82. The molecule has 5 heteroatoms. The Morgan fingerprint density at radius 2 is 2.04 bits per heavy atom. The maximum atomic E-state index is 12.3. The van der Waals surface area contributed by atoms with Crippen LogP contribution in [0.15, 0.2) is 54.9 Å². The van der Waals surface area contributed by atoms with E-state index in [1.165, 1.54) is 0 Å². The second-order valence-electron chi connectivity index (χ2n) is 6.52. The minimum atomic E-state index is -0.0839. The van der Waals surface area contributed by atoms with Gasteiger partial charge in [-0.05, 0) is 43.2 Å². The molecule has 0 aliphatic heterocycles. The third kappa shape index (κ3) is 4.18. The van der Waals surface area contributed by atoms with Gasteiger partial charge in [-0.3, -0.25) is 4.79 Å². The van der Waals surface area contributed by atoms with E-state index < -0.39 is 0 Å². The SMILES string of the molecule is CC(C)C(C)NC(=O)c1cccc(OCc2cn3ccccc3n2)c1. The van der Waals surface area contributed by atoms with Gasteiger partial charge in [-0.15, -0.1) is 0 Å². The van der Waals surface area contributed by atoms with Crippen LogP contribution < -0.4 is 10.1 Å². The smallest absolute Gasteiger partial charge is 0.251 e. The summed E-state index contributed by atoms with van der Waals surface area (Å²) in [5.74, 6) is 0.958. The fourth-order valence-corrected chi connectivity index (χ4v) is 2.40. The number of fused-ring (bicyclic) bond motifs is 1. The van der Waals surface area contributed by atoms with Crippen LogP contribution in [0.25, 0.3) is 5.65 Å². The summed E-state index contributed by atoms with van der Waals surface area (Å²) in [4.78, 5) is 16.8. The average Bonchev–Trinajstić information content (AvgIpc) is 3.03. The molecule has 0 bridgehead atoms. The Morgan fingerprint density at radius 3 is 2.80 bits per heavy atom. The monoisotopic (exact) mass is 337 g/mol. The molecule has 130 valence electrons. The number of ether oxygens (including phenoxy) is 1. The van der Waals surface area contributed by atoms with Crippen molar-refractivity contribution < 1.29 is 9.53 Å². The minimum absolute atomic E-state index is 0.0839. The zero-order valence-corrected chi connectivity index (χ0v) is 14.8. The van der Waals surface area contributed by atoms with E-state index in [-0.39, 0.29) is 11.9 Å². The van der Waals surface area contributed by atoms with Gasteiger partial charge in [0.1, 0.15) is 18.0 Å². The molecule has 0 radical (unpaired) electrons. The Kier molecular flexibility index (Phi) is 5.03. The normalized spacial score (nSPS) is 12.3. The van der Waals surface area contributed by atoms with Crippen molar-refractivity contribution >= 4 is 11.6 Å². The Labute approximate surface area is 147 Å². The van der Waals surface area contributed by atoms with Crippen LogP contribution in [0, 0.1) is 5.92 Å². The maximum absolute atomic E-state index is 12.3. The lowest BCUT2D eigenvalue weighted by molar-refractivity contribution is 0.0930. The van der Waals surface area contributed by atoms with Gasteiger partial charge >= 0.3 is 0 Å². The summed E-state index contributed by atoms with van der Waals surface area (Å²) in [6.07, 6.45) is 3.89. The van der Waals surface area contributed by atoms with Gasteiger partial charge in [0.25, 0.3) is 5.91 Å². The molecule has 5 nitrogen and oxygen atoms in total. The molecule has 1 N–H and O–H groups in total. The zero-order chi connectivity index (χ0) is 17.8. The first-order valence-electron chi connectivity index (χ1n) is 8.49. The molecule has 1 aromatic carbocycles. The number of hydrogen-bond donors (Lipinski definition) is 1. The van der Waals surface area contributed by atoms with Crippen molar-refractivity contribution in [3.63, 3.8) is 0 Å². The van der Waals surface area contributed by atoms with Crippen molar-refractivity contribution in [1.29, 1.82) is 0 Å². The molecule has 1 atom stereocenters. The standard InChI is InChI=1S/C20H23N3O2/c1-14(2)15(3)21-20(24)16-7-6-8-18(11-16)25-13-17-12-23-10-5-4-9-19(23)22-17/h4-12,14-15H,13H2,1-3H3,(H,21,24). The van der Waals surface area contributed by atoms with Crippen molar-refractivity contribution in [3.8, 4) is 5.75 Å². The van der Waals surface area contributed by atoms with E-state index in [1.807, 2.05) is 54.0 Å². The van der Waals surface area contributed by atoms with E-state index >= 15 is 0 Å². The number of pyridine rings is 1. The molecule has 25 heavy (non-hydrogen) atoms. The number of nitrogens with one attached hydrogen (secondary N) is 1. The van der Waals surface area contributed by atoms with E-state index in [2.05, 4.69) is 24.1 Å². The van der Waals surface area contributed by atoms with Crippen molar-refractivity contribution in [2.45, 2.75) is 33.4 Å². The largest absolute Gasteiger partial charge is 0.487 e. The van der Waals surface area contributed by atoms with Crippen LogP contribution in [-0.4, -0.2) is 21.3 Å². The van der Waals surface area contributed by atoms with Gasteiger partial charge in [-0.1, -0.05) is 26.0 Å². The summed E-state index contributed by atoms with van der Waals surface area (Å²) in [6, 6.07) is 13.2. The first kappa shape index (κ1) is 17.0. The molecule has 3 aromatic rings. The predicted octanol–water partition coefficient (Wildman–Crippen LogP) is 3.69. The van der Waals surface area contributed by atoms with E-state index in [9.17, 15) is 4.79 Å². The molecule has 0 aliphatic carbocycles. The van der Waals surface area contributed by atoms with E-state index in [4.69, 9.17) is 4.74 Å². The molecule has 0 saturated heterocycles. The topological polar surface area (TPSA) is 55.6 Å². The lowest BCUT2D eigenvalue weighted by atomic mass is 10.1. The number of carbonyl (C=O) groups excluding carboxylic acids is 1. The summed E-state index contributed by atoms with van der Waals surface area (Å²) < 4.78 is 7.76. The molecule has 2 aromatic heterocycles. The van der Waals surface area contributed by atoms with Gasteiger partial charge in [0.2, 0.25) is 0 Å². The second kappa shape index (κ2) is 7.38. The van der Waals surface area contributed by atoms with Crippen LogP contribution in [0.3, 0.4) is 0 Å². The van der Waals surface area contributed by atoms with Crippen LogP contribution in [0.5, 0.6) is 5.75 Å². The number of aromatic nitrogens is 2. The number of rotatable bonds is 6. The van der Waals surface area contributed by atoms with E-state index in [0.29, 0.717) is 23.8 Å². The molecular weight excluding hydrogens is 314 g/mol. The van der Waals surface area contributed by atoms with Crippen LogP contribution in [-0.2, 0) is 6.61 Å². The van der Waals surface area contributed by atoms with Crippen LogP contribution >= 0.6 is 0 Å². The molecule has 0 fully saturated rings. The molecule has 2 heterocycles. The summed E-state index contributed by atoms with van der Waals surface area (Å²) in [5, 5.41) is 3.00. The molecule has 1 unspecified atom stereocenters. The molecular formula is C20H23N3O2. The maximum Gasteiger partial charge on any atom is 0.251 e. The third-order valence-corrected chi connectivity index (χ3v) is 4.26. The summed E-state index contributed by atoms with van der Waals surface area (Å²) in [6.45, 7) is 6.53. The van der Waals surface area contributed by atoms with Gasteiger partial charge in [0.15, 0.2) is 0 Å². The lowest BCUT2D eigenvalue weighted by Gasteiger charge is -2.17. The molecule has 0 saturated carbocycles. The number of amides is 1. The summed E-state index contributed by atoms with van der Waals surface area (Å²) in [5.41, 5.74) is 2.33. The van der Waals surface area contributed by atoms with Crippen LogP contribution in [0.2, 0.25) is 0 Å². The zero-order valence-electron chi connectivity index (χ0n) is 14.8. The van der Waals surface area contributed by atoms with Crippen molar-refractivity contribution in [3.05, 3.63) is 66.1 Å². The Balaban J connectivity index is 1.66. The number of nitrogens with zero attached hydrogens (tertiary/aromatic N) is 2. The fourth-order valence-electron chi connectivity index (χ4n) is 2.40. The van der Waals surface area contributed by atoms with Gasteiger partial charge in [0.05, 0.1) is 5.69 Å². The average molecular weight is 337 g/mol. The number of carbonyl (C=O) groups is 1. The molecule has 3 rings (SSSR count). The third-order valence-electron chi connectivity index (χ3n) is 4.26. The number of benzene rings is 1. The highest BCUT2D eigenvalue weighted by Crippen LogP contribution is 2.16. The van der Waals surface area contributed by atoms with Gasteiger partial charge in [-0.2, -0.15) is 0 Å². The highest BCUT2D eigenvalue weighted by molar-refractivity contribution is 5.94. The van der Waals surface area contributed by atoms with Gasteiger partial charge in [-0.25, -0.2) is 4.98 Å². The quantitative estimate of drug-likeness (QED) is 0.746. The number of imidazole rings is 1. The van der Waals surface area contributed by atoms with Crippen LogP contribution in [0.1, 0.15) is 36.8 Å². The fraction of sp³-hybridized carbons (Fsp3) is 0.300. The van der Waals surface area contributed by atoms with Gasteiger partial charge in [0, 0.05) is 24.0 Å². The van der Waals surface area contributed by atoms with Crippen molar-refractivity contribution in [2.24, 2.45) is 5.92 Å². The number of hydrogen-bond acceptors (Lipinski definition) is 3.